The number of nitrogens with one attached hydrogen (secondary N) is 2. The quantitative estimate of drug-likeness (QED) is 0.836. The Morgan fingerprint density at radius 1 is 0.962 bits per heavy atom. The predicted molar refractivity (Wildman–Crippen MR) is 104 cm³/mol. The zero-order valence-corrected chi connectivity index (χ0v) is 15.9. The van der Waals surface area contributed by atoms with Gasteiger partial charge in [-0.15, -0.1) is 22.7 Å². The number of rotatable bonds is 2. The molecule has 4 heterocycles. The minimum Gasteiger partial charge on any atom is -0.329 e. The van der Waals surface area contributed by atoms with Crippen LogP contribution in [0.4, 0.5) is 0 Å². The van der Waals surface area contributed by atoms with E-state index >= 15 is 0 Å². The van der Waals surface area contributed by atoms with Crippen LogP contribution in [0.2, 0.25) is 0 Å². The summed E-state index contributed by atoms with van der Waals surface area (Å²) in [7, 11) is 0. The number of fused-ring (bicyclic) bond motifs is 2. The minimum absolute atomic E-state index is 0.0281. The van der Waals surface area contributed by atoms with Crippen LogP contribution in [0.5, 0.6) is 0 Å². The molecule has 0 aromatic carbocycles. The van der Waals surface area contributed by atoms with Crippen LogP contribution in [0.25, 0.3) is 5.57 Å². The standard InChI is InChI=1S/C20H16N2O2S2/c1-9-3-5-15(25-9)17-11-7-14-12(8-13(11)21-19(17)23)18(20(24)22-14)16-6-4-10(2)26-16/h3-8,11,17H,1-2H3,(H,21,23)(H,22,24). The fourth-order valence-corrected chi connectivity index (χ4v) is 5.78. The molecular formula is C20H16N2O2S2. The normalized spacial score (nSPS) is 24.1. The number of aryl methyl sites for hydroxylation is 2. The number of thiophene rings is 2. The van der Waals surface area contributed by atoms with Crippen molar-refractivity contribution >= 4 is 40.1 Å². The molecule has 1 saturated heterocycles. The highest BCUT2D eigenvalue weighted by molar-refractivity contribution is 7.13. The molecule has 2 aromatic rings. The molecule has 3 aliphatic rings. The van der Waals surface area contributed by atoms with E-state index in [4.69, 9.17) is 0 Å². The first-order valence-corrected chi connectivity index (χ1v) is 10.1. The second-order valence-electron chi connectivity index (χ2n) is 6.77. The van der Waals surface area contributed by atoms with Crippen molar-refractivity contribution in [3.63, 3.8) is 0 Å². The summed E-state index contributed by atoms with van der Waals surface area (Å²) in [6.45, 7) is 4.08. The van der Waals surface area contributed by atoms with Crippen LogP contribution < -0.4 is 10.6 Å². The number of allylic oxidation sites excluding steroid dienone is 2. The smallest absolute Gasteiger partial charge is 0.257 e. The van der Waals surface area contributed by atoms with Crippen molar-refractivity contribution in [3.05, 3.63) is 72.9 Å². The predicted octanol–water partition coefficient (Wildman–Crippen LogP) is 3.62. The van der Waals surface area contributed by atoms with E-state index in [-0.39, 0.29) is 23.7 Å². The van der Waals surface area contributed by atoms with Gasteiger partial charge in [-0.1, -0.05) is 0 Å². The van der Waals surface area contributed by atoms with Crippen LogP contribution in [0.1, 0.15) is 25.4 Å². The zero-order valence-electron chi connectivity index (χ0n) is 14.3. The van der Waals surface area contributed by atoms with Gasteiger partial charge in [-0.2, -0.15) is 0 Å². The van der Waals surface area contributed by atoms with Crippen LogP contribution in [0, 0.1) is 19.8 Å². The first-order valence-electron chi connectivity index (χ1n) is 8.44. The minimum atomic E-state index is -0.223. The summed E-state index contributed by atoms with van der Waals surface area (Å²) in [5.41, 5.74) is 3.28. The fraction of sp³-hybridized carbons (Fsp3) is 0.200. The Morgan fingerprint density at radius 2 is 1.73 bits per heavy atom. The molecule has 0 saturated carbocycles. The third-order valence-corrected chi connectivity index (χ3v) is 7.11. The molecule has 1 aliphatic carbocycles. The number of hydrogen-bond acceptors (Lipinski definition) is 4. The van der Waals surface area contributed by atoms with Crippen LogP contribution in [0.15, 0.2) is 53.4 Å². The molecular weight excluding hydrogens is 364 g/mol. The van der Waals surface area contributed by atoms with E-state index in [9.17, 15) is 9.59 Å². The first kappa shape index (κ1) is 15.8. The van der Waals surface area contributed by atoms with Gasteiger partial charge in [-0.25, -0.2) is 0 Å². The van der Waals surface area contributed by atoms with Gasteiger partial charge in [-0.3, -0.25) is 9.59 Å². The molecule has 2 N–H and O–H groups in total. The highest BCUT2D eigenvalue weighted by Gasteiger charge is 2.43. The van der Waals surface area contributed by atoms with Crippen molar-refractivity contribution in [1.29, 1.82) is 0 Å². The van der Waals surface area contributed by atoms with Crippen LogP contribution in [0.3, 0.4) is 0 Å². The molecule has 2 aliphatic heterocycles. The lowest BCUT2D eigenvalue weighted by atomic mass is 9.86. The van der Waals surface area contributed by atoms with E-state index in [1.807, 2.05) is 50.3 Å². The Labute approximate surface area is 158 Å². The number of carbonyl (C=O) groups excluding carboxylic acids is 2. The summed E-state index contributed by atoms with van der Waals surface area (Å²) in [6, 6.07) is 8.09. The molecule has 2 unspecified atom stereocenters. The molecule has 0 spiro atoms. The van der Waals surface area contributed by atoms with Gasteiger partial charge < -0.3 is 10.6 Å². The highest BCUT2D eigenvalue weighted by Crippen LogP contribution is 2.45. The summed E-state index contributed by atoms with van der Waals surface area (Å²) in [5, 5.41) is 6.03. The third-order valence-electron chi connectivity index (χ3n) is 5.00. The molecule has 26 heavy (non-hydrogen) atoms. The fourth-order valence-electron chi connectivity index (χ4n) is 3.83. The van der Waals surface area contributed by atoms with Crippen molar-refractivity contribution in [1.82, 2.24) is 10.6 Å². The van der Waals surface area contributed by atoms with Crippen LogP contribution in [-0.2, 0) is 9.59 Å². The van der Waals surface area contributed by atoms with Gasteiger partial charge in [-0.05, 0) is 50.3 Å². The SMILES string of the molecule is Cc1ccc(C2=C3C=C4NC(=O)C(c5ccc(C)s5)C4C=C3NC2=O)s1. The maximum Gasteiger partial charge on any atom is 0.257 e. The van der Waals surface area contributed by atoms with E-state index in [2.05, 4.69) is 10.6 Å². The zero-order chi connectivity index (χ0) is 18.0. The Bertz CT molecular complexity index is 1070. The second kappa shape index (κ2) is 5.53. The number of amides is 2. The van der Waals surface area contributed by atoms with Crippen molar-refractivity contribution in [2.24, 2.45) is 5.92 Å². The highest BCUT2D eigenvalue weighted by atomic mass is 32.1. The summed E-state index contributed by atoms with van der Waals surface area (Å²) in [4.78, 5) is 29.6. The Morgan fingerprint density at radius 3 is 2.42 bits per heavy atom. The molecule has 130 valence electrons. The molecule has 2 amide bonds. The van der Waals surface area contributed by atoms with E-state index < -0.39 is 0 Å². The molecule has 2 aromatic heterocycles. The summed E-state index contributed by atoms with van der Waals surface area (Å²) in [5.74, 6) is -0.317. The lowest BCUT2D eigenvalue weighted by Gasteiger charge is -2.18. The molecule has 5 rings (SSSR count). The van der Waals surface area contributed by atoms with E-state index in [0.717, 1.165) is 26.7 Å². The van der Waals surface area contributed by atoms with Crippen molar-refractivity contribution < 1.29 is 9.59 Å². The average molecular weight is 380 g/mol. The number of carbonyl (C=O) groups is 2. The van der Waals surface area contributed by atoms with Gasteiger partial charge in [0.05, 0.1) is 11.5 Å². The Hall–Kier alpha value is -2.44. The van der Waals surface area contributed by atoms with Crippen molar-refractivity contribution in [2.75, 3.05) is 0 Å². The number of hydrogen-bond donors (Lipinski definition) is 2. The maximum atomic E-state index is 12.6. The molecule has 0 bridgehead atoms. The Balaban J connectivity index is 1.61. The summed E-state index contributed by atoms with van der Waals surface area (Å²) < 4.78 is 0. The van der Waals surface area contributed by atoms with Crippen molar-refractivity contribution in [3.8, 4) is 0 Å². The van der Waals surface area contributed by atoms with Crippen molar-refractivity contribution in [2.45, 2.75) is 19.8 Å². The Kier molecular flexibility index (Phi) is 3.36. The summed E-state index contributed by atoms with van der Waals surface area (Å²) in [6.07, 6.45) is 4.01. The first-order chi connectivity index (χ1) is 12.5. The van der Waals surface area contributed by atoms with Gasteiger partial charge in [0.1, 0.15) is 0 Å². The van der Waals surface area contributed by atoms with Gasteiger partial charge in [0, 0.05) is 42.4 Å². The van der Waals surface area contributed by atoms with E-state index in [0.29, 0.717) is 5.57 Å². The van der Waals surface area contributed by atoms with Gasteiger partial charge >= 0.3 is 0 Å². The van der Waals surface area contributed by atoms with Crippen LogP contribution >= 0.6 is 22.7 Å². The van der Waals surface area contributed by atoms with Gasteiger partial charge in [0.25, 0.3) is 5.91 Å². The van der Waals surface area contributed by atoms with Gasteiger partial charge in [0.15, 0.2) is 0 Å². The maximum absolute atomic E-state index is 12.6. The largest absolute Gasteiger partial charge is 0.329 e. The second-order valence-corrected chi connectivity index (χ2v) is 9.38. The molecule has 6 heteroatoms. The monoisotopic (exact) mass is 380 g/mol. The lowest BCUT2D eigenvalue weighted by molar-refractivity contribution is -0.120. The third kappa shape index (κ3) is 2.26. The lowest BCUT2D eigenvalue weighted by Crippen LogP contribution is -2.19. The molecule has 1 fully saturated rings. The summed E-state index contributed by atoms with van der Waals surface area (Å²) >= 11 is 3.27. The molecule has 0 radical (unpaired) electrons. The van der Waals surface area contributed by atoms with Gasteiger partial charge in [0.2, 0.25) is 5.91 Å². The topological polar surface area (TPSA) is 58.2 Å². The average Bonchev–Trinajstić information content (AvgIpc) is 3.31. The molecule has 4 nitrogen and oxygen atoms in total. The van der Waals surface area contributed by atoms with E-state index in [1.165, 1.54) is 9.75 Å². The van der Waals surface area contributed by atoms with Crippen LogP contribution in [-0.4, -0.2) is 11.8 Å². The molecule has 2 atom stereocenters. The van der Waals surface area contributed by atoms with E-state index in [1.54, 1.807) is 22.7 Å².